The molecule has 2 atom stereocenters. The lowest BCUT2D eigenvalue weighted by atomic mass is 9.86. The summed E-state index contributed by atoms with van der Waals surface area (Å²) >= 11 is 0. The van der Waals surface area contributed by atoms with Gasteiger partial charge in [0.2, 0.25) is 0 Å². The third-order valence-electron chi connectivity index (χ3n) is 4.48. The van der Waals surface area contributed by atoms with Crippen LogP contribution in [0.4, 0.5) is 8.78 Å². The average molecular weight is 361 g/mol. The highest BCUT2D eigenvalue weighted by atomic mass is 19.3. The van der Waals surface area contributed by atoms with Gasteiger partial charge >= 0.3 is 11.9 Å². The first-order valence-electron chi connectivity index (χ1n) is 7.96. The Hall–Kier alpha value is -2.80. The Labute approximate surface area is 148 Å². The molecule has 1 fully saturated rings. The molecule has 3 rings (SSSR count). The zero-order valence-corrected chi connectivity index (χ0v) is 13.9. The topological polar surface area (TPSA) is 66.8 Å². The number of ether oxygens (including phenoxy) is 1. The quantitative estimate of drug-likeness (QED) is 0.657. The van der Waals surface area contributed by atoms with Crippen LogP contribution in [-0.4, -0.2) is 41.5 Å². The smallest absolute Gasteiger partial charge is 0.348 e. The van der Waals surface area contributed by atoms with Crippen molar-refractivity contribution in [3.8, 4) is 0 Å². The van der Waals surface area contributed by atoms with Gasteiger partial charge in [-0.3, -0.25) is 4.79 Å². The van der Waals surface area contributed by atoms with Crippen molar-refractivity contribution in [1.29, 1.82) is 0 Å². The maximum absolute atomic E-state index is 14.3. The number of hydrogen-bond acceptors (Lipinski definition) is 4. The molecule has 0 bridgehead atoms. The van der Waals surface area contributed by atoms with E-state index >= 15 is 0 Å². The van der Waals surface area contributed by atoms with Gasteiger partial charge in [-0.2, -0.15) is 8.78 Å². The molecule has 5 nitrogen and oxygen atoms in total. The summed E-state index contributed by atoms with van der Waals surface area (Å²) in [6.45, 7) is -0.484. The van der Waals surface area contributed by atoms with Crippen molar-refractivity contribution in [2.75, 3.05) is 13.7 Å². The summed E-state index contributed by atoms with van der Waals surface area (Å²) in [5, 5.41) is 9.72. The van der Waals surface area contributed by atoms with E-state index in [1.165, 1.54) is 31.4 Å². The summed E-state index contributed by atoms with van der Waals surface area (Å²) in [7, 11) is 1.22. The van der Waals surface area contributed by atoms with Gasteiger partial charge in [-0.1, -0.05) is 42.5 Å². The summed E-state index contributed by atoms with van der Waals surface area (Å²) in [5.41, 5.74) is 0.963. The molecule has 1 heterocycles. The molecule has 0 spiro atoms. The number of benzene rings is 2. The van der Waals surface area contributed by atoms with E-state index in [-0.39, 0.29) is 11.1 Å². The Balaban J connectivity index is 1.95. The molecule has 0 unspecified atom stereocenters. The molecule has 26 heavy (non-hydrogen) atoms. The summed E-state index contributed by atoms with van der Waals surface area (Å²) < 4.78 is 33.2. The van der Waals surface area contributed by atoms with Crippen LogP contribution in [0.1, 0.15) is 33.6 Å². The third-order valence-corrected chi connectivity index (χ3v) is 4.48. The number of aliphatic hydroxyl groups excluding tert-OH is 1. The van der Waals surface area contributed by atoms with Gasteiger partial charge in [0.25, 0.3) is 5.91 Å². The molecule has 1 amide bonds. The van der Waals surface area contributed by atoms with Gasteiger partial charge in [0, 0.05) is 0 Å². The lowest BCUT2D eigenvalue weighted by Gasteiger charge is -2.50. The Morgan fingerprint density at radius 3 is 2.35 bits per heavy atom. The Kier molecular flexibility index (Phi) is 4.73. The maximum atomic E-state index is 14.3. The summed E-state index contributed by atoms with van der Waals surface area (Å²) in [6, 6.07) is 11.6. The summed E-state index contributed by atoms with van der Waals surface area (Å²) in [6.07, 6.45) is 0. The minimum Gasteiger partial charge on any atom is -0.465 e. The van der Waals surface area contributed by atoms with E-state index in [9.17, 15) is 23.5 Å². The number of esters is 1. The minimum atomic E-state index is -3.57. The number of halogens is 2. The highest BCUT2D eigenvalue weighted by molar-refractivity contribution is 5.92. The van der Waals surface area contributed by atoms with E-state index in [4.69, 9.17) is 0 Å². The number of aliphatic hydroxyl groups is 1. The van der Waals surface area contributed by atoms with Gasteiger partial charge in [-0.05, 0) is 23.3 Å². The third kappa shape index (κ3) is 2.84. The Morgan fingerprint density at radius 2 is 1.81 bits per heavy atom. The van der Waals surface area contributed by atoms with Crippen molar-refractivity contribution in [3.05, 3.63) is 71.3 Å². The molecule has 2 aromatic rings. The molecule has 0 aliphatic carbocycles. The molecule has 0 radical (unpaired) electrons. The number of carbonyl (C=O) groups excluding carboxylic acids is 2. The van der Waals surface area contributed by atoms with Crippen molar-refractivity contribution >= 4 is 11.9 Å². The molecule has 0 saturated carbocycles. The van der Waals surface area contributed by atoms with E-state index < -0.39 is 36.5 Å². The predicted molar refractivity (Wildman–Crippen MR) is 88.6 cm³/mol. The SMILES string of the molecule is COC(=O)c1ccc([C@@H]2N([C@@H](CO)c3ccccc3)C(=O)C2(F)F)cc1. The van der Waals surface area contributed by atoms with Gasteiger partial charge in [0.1, 0.15) is 6.04 Å². The molecule has 136 valence electrons. The lowest BCUT2D eigenvalue weighted by Crippen LogP contribution is -2.64. The van der Waals surface area contributed by atoms with Crippen LogP contribution in [0.3, 0.4) is 0 Å². The van der Waals surface area contributed by atoms with Gasteiger partial charge in [0.15, 0.2) is 0 Å². The van der Waals surface area contributed by atoms with Gasteiger partial charge in [-0.15, -0.1) is 0 Å². The van der Waals surface area contributed by atoms with Gasteiger partial charge in [0.05, 0.1) is 25.3 Å². The monoisotopic (exact) mass is 361 g/mol. The minimum absolute atomic E-state index is 0.177. The first kappa shape index (κ1) is 18.0. The van der Waals surface area contributed by atoms with Gasteiger partial charge in [-0.25, -0.2) is 4.79 Å². The fraction of sp³-hybridized carbons (Fsp3) is 0.263. The highest BCUT2D eigenvalue weighted by Crippen LogP contribution is 2.51. The van der Waals surface area contributed by atoms with E-state index in [2.05, 4.69) is 4.74 Å². The number of hydrogen-bond donors (Lipinski definition) is 1. The van der Waals surface area contributed by atoms with Crippen LogP contribution in [0.25, 0.3) is 0 Å². The van der Waals surface area contributed by atoms with Crippen molar-refractivity contribution < 1.29 is 28.2 Å². The molecule has 0 aromatic heterocycles. The number of likely N-dealkylation sites (tertiary alicyclic amines) is 1. The van der Waals surface area contributed by atoms with Crippen molar-refractivity contribution in [1.82, 2.24) is 4.90 Å². The molecular weight excluding hydrogens is 344 g/mol. The zero-order valence-electron chi connectivity index (χ0n) is 13.9. The second kappa shape index (κ2) is 6.84. The summed E-state index contributed by atoms with van der Waals surface area (Å²) in [5.74, 6) is -5.49. The Morgan fingerprint density at radius 1 is 1.19 bits per heavy atom. The van der Waals surface area contributed by atoms with Crippen LogP contribution in [0.5, 0.6) is 0 Å². The number of methoxy groups -OCH3 is 1. The molecule has 7 heteroatoms. The van der Waals surface area contributed by atoms with Crippen LogP contribution in [0, 0.1) is 0 Å². The Bertz CT molecular complexity index is 808. The van der Waals surface area contributed by atoms with Crippen LogP contribution in [0.2, 0.25) is 0 Å². The number of amides is 1. The predicted octanol–water partition coefficient (Wildman–Crippen LogP) is 2.73. The second-order valence-electron chi connectivity index (χ2n) is 5.96. The standard InChI is InChI=1S/C19H17F2NO4/c1-26-17(24)14-9-7-13(8-10-14)16-19(20,21)18(25)22(16)15(11-23)12-5-3-2-4-6-12/h2-10,15-16,23H,11H2,1H3/t15-,16-/m0/s1. The maximum Gasteiger partial charge on any atom is 0.348 e. The van der Waals surface area contributed by atoms with Crippen molar-refractivity contribution in [2.45, 2.75) is 18.0 Å². The van der Waals surface area contributed by atoms with Crippen LogP contribution < -0.4 is 0 Å². The first-order chi connectivity index (χ1) is 12.4. The number of alkyl halides is 2. The van der Waals surface area contributed by atoms with Crippen LogP contribution in [0.15, 0.2) is 54.6 Å². The summed E-state index contributed by atoms with van der Waals surface area (Å²) in [4.78, 5) is 24.5. The molecule has 2 aromatic carbocycles. The lowest BCUT2D eigenvalue weighted by molar-refractivity contribution is -0.215. The molecular formula is C19H17F2NO4. The van der Waals surface area contributed by atoms with E-state index in [1.807, 2.05) is 0 Å². The molecule has 1 aliphatic heterocycles. The normalized spacial score (nSPS) is 19.6. The number of rotatable bonds is 5. The largest absolute Gasteiger partial charge is 0.465 e. The van der Waals surface area contributed by atoms with Gasteiger partial charge < -0.3 is 14.7 Å². The highest BCUT2D eigenvalue weighted by Gasteiger charge is 2.65. The first-order valence-corrected chi connectivity index (χ1v) is 7.96. The zero-order chi connectivity index (χ0) is 18.9. The number of β-lactam (4-membered cyclic amide) rings is 1. The van der Waals surface area contributed by atoms with Crippen molar-refractivity contribution in [3.63, 3.8) is 0 Å². The van der Waals surface area contributed by atoms with Crippen LogP contribution >= 0.6 is 0 Å². The van der Waals surface area contributed by atoms with E-state index in [0.29, 0.717) is 5.56 Å². The van der Waals surface area contributed by atoms with E-state index in [1.54, 1.807) is 30.3 Å². The second-order valence-corrected chi connectivity index (χ2v) is 5.96. The number of carbonyl (C=O) groups is 2. The fourth-order valence-electron chi connectivity index (χ4n) is 3.15. The molecule has 1 N–H and O–H groups in total. The fourth-order valence-corrected chi connectivity index (χ4v) is 3.15. The van der Waals surface area contributed by atoms with Crippen molar-refractivity contribution in [2.24, 2.45) is 0 Å². The van der Waals surface area contributed by atoms with E-state index in [0.717, 1.165) is 4.90 Å². The molecule has 1 saturated heterocycles. The average Bonchev–Trinajstić information content (AvgIpc) is 2.68. The molecule has 1 aliphatic rings. The number of nitrogens with zero attached hydrogens (tertiary/aromatic N) is 1. The van der Waals surface area contributed by atoms with Crippen LogP contribution in [-0.2, 0) is 9.53 Å².